The van der Waals surface area contributed by atoms with E-state index in [1.165, 1.54) is 12.1 Å². The normalized spacial score (nSPS) is 10.5. The maximum Gasteiger partial charge on any atom is 0.307 e. The van der Waals surface area contributed by atoms with Crippen LogP contribution in [0, 0.1) is 5.82 Å². The van der Waals surface area contributed by atoms with Gasteiger partial charge in [0, 0.05) is 15.6 Å². The van der Waals surface area contributed by atoms with Crippen molar-refractivity contribution in [2.24, 2.45) is 0 Å². The molecule has 0 saturated heterocycles. The standard InChI is InChI=1S/C14H9Cl2FO2/c15-10-2-3-11(12(16)7-10)8-1-4-13(17)9(5-8)6-14(18)19/h1-5,7H,6H2,(H,18,19). The number of carboxylic acids is 1. The van der Waals surface area contributed by atoms with Gasteiger partial charge in [0.1, 0.15) is 5.82 Å². The third-order valence-electron chi connectivity index (χ3n) is 2.63. The largest absolute Gasteiger partial charge is 0.481 e. The fraction of sp³-hybridized carbons (Fsp3) is 0.0714. The number of hydrogen-bond acceptors (Lipinski definition) is 1. The molecule has 2 aromatic carbocycles. The molecular formula is C14H9Cl2FO2. The molecule has 0 atom stereocenters. The van der Waals surface area contributed by atoms with E-state index >= 15 is 0 Å². The molecule has 2 nitrogen and oxygen atoms in total. The van der Waals surface area contributed by atoms with Gasteiger partial charge in [-0.3, -0.25) is 4.79 Å². The van der Waals surface area contributed by atoms with Crippen LogP contribution in [0.3, 0.4) is 0 Å². The highest BCUT2D eigenvalue weighted by Crippen LogP contribution is 2.31. The Morgan fingerprint density at radius 1 is 1.16 bits per heavy atom. The highest BCUT2D eigenvalue weighted by Gasteiger charge is 2.10. The summed E-state index contributed by atoms with van der Waals surface area (Å²) in [7, 11) is 0. The topological polar surface area (TPSA) is 37.3 Å². The van der Waals surface area contributed by atoms with Crippen LogP contribution in [0.25, 0.3) is 11.1 Å². The zero-order valence-electron chi connectivity index (χ0n) is 9.66. The smallest absolute Gasteiger partial charge is 0.307 e. The average Bonchev–Trinajstić information content (AvgIpc) is 2.32. The molecule has 0 heterocycles. The van der Waals surface area contributed by atoms with Crippen LogP contribution in [0.2, 0.25) is 10.0 Å². The van der Waals surface area contributed by atoms with Crippen molar-refractivity contribution in [1.29, 1.82) is 0 Å². The average molecular weight is 299 g/mol. The van der Waals surface area contributed by atoms with Crippen molar-refractivity contribution < 1.29 is 14.3 Å². The molecule has 1 N–H and O–H groups in total. The molecule has 19 heavy (non-hydrogen) atoms. The Balaban J connectivity index is 2.48. The summed E-state index contributed by atoms with van der Waals surface area (Å²) in [5.41, 5.74) is 1.45. The molecule has 0 fully saturated rings. The van der Waals surface area contributed by atoms with Gasteiger partial charge < -0.3 is 5.11 Å². The van der Waals surface area contributed by atoms with Crippen molar-refractivity contribution in [3.8, 4) is 11.1 Å². The van der Waals surface area contributed by atoms with E-state index in [1.54, 1.807) is 24.3 Å². The maximum atomic E-state index is 13.5. The van der Waals surface area contributed by atoms with Gasteiger partial charge in [-0.05, 0) is 35.4 Å². The molecule has 0 aliphatic heterocycles. The number of carboxylic acid groups (broad SMARTS) is 1. The van der Waals surface area contributed by atoms with E-state index in [-0.39, 0.29) is 12.0 Å². The maximum absolute atomic E-state index is 13.5. The monoisotopic (exact) mass is 298 g/mol. The molecule has 0 aliphatic carbocycles. The SMILES string of the molecule is O=C(O)Cc1cc(-c2ccc(Cl)cc2Cl)ccc1F. The van der Waals surface area contributed by atoms with E-state index < -0.39 is 11.8 Å². The van der Waals surface area contributed by atoms with Crippen molar-refractivity contribution in [2.45, 2.75) is 6.42 Å². The van der Waals surface area contributed by atoms with Crippen LogP contribution in [-0.2, 0) is 11.2 Å². The van der Waals surface area contributed by atoms with Crippen LogP contribution in [0.4, 0.5) is 4.39 Å². The molecule has 0 bridgehead atoms. The molecule has 5 heteroatoms. The first-order valence-electron chi connectivity index (χ1n) is 5.43. The molecular weight excluding hydrogens is 290 g/mol. The predicted molar refractivity (Wildman–Crippen MR) is 73.2 cm³/mol. The first-order valence-corrected chi connectivity index (χ1v) is 6.18. The Hall–Kier alpha value is -1.58. The summed E-state index contributed by atoms with van der Waals surface area (Å²) >= 11 is 11.9. The fourth-order valence-electron chi connectivity index (χ4n) is 1.76. The molecule has 0 spiro atoms. The number of aliphatic carboxylic acids is 1. The molecule has 0 amide bonds. The summed E-state index contributed by atoms with van der Waals surface area (Å²) in [6, 6.07) is 9.23. The van der Waals surface area contributed by atoms with Crippen LogP contribution in [-0.4, -0.2) is 11.1 Å². The van der Waals surface area contributed by atoms with Gasteiger partial charge in [0.05, 0.1) is 6.42 Å². The van der Waals surface area contributed by atoms with E-state index in [1.807, 2.05) is 0 Å². The second kappa shape index (κ2) is 5.59. The molecule has 2 rings (SSSR count). The third-order valence-corrected chi connectivity index (χ3v) is 3.18. The molecule has 0 saturated carbocycles. The van der Waals surface area contributed by atoms with E-state index in [0.717, 1.165) is 0 Å². The van der Waals surface area contributed by atoms with E-state index in [4.69, 9.17) is 28.3 Å². The van der Waals surface area contributed by atoms with Crippen LogP contribution in [0.15, 0.2) is 36.4 Å². The minimum absolute atomic E-state index is 0.121. The minimum atomic E-state index is -1.08. The Morgan fingerprint density at radius 3 is 2.53 bits per heavy atom. The van der Waals surface area contributed by atoms with Crippen molar-refractivity contribution in [3.63, 3.8) is 0 Å². The highest BCUT2D eigenvalue weighted by atomic mass is 35.5. The highest BCUT2D eigenvalue weighted by molar-refractivity contribution is 6.36. The van der Waals surface area contributed by atoms with Gasteiger partial charge in [-0.25, -0.2) is 4.39 Å². The van der Waals surface area contributed by atoms with E-state index in [0.29, 0.717) is 21.2 Å². The number of rotatable bonds is 3. The number of hydrogen-bond donors (Lipinski definition) is 1. The van der Waals surface area contributed by atoms with E-state index in [2.05, 4.69) is 0 Å². The third kappa shape index (κ3) is 3.25. The van der Waals surface area contributed by atoms with Gasteiger partial charge in [-0.1, -0.05) is 35.3 Å². The second-order valence-corrected chi connectivity index (χ2v) is 4.84. The van der Waals surface area contributed by atoms with Crippen molar-refractivity contribution in [3.05, 3.63) is 57.8 Å². The molecule has 0 aliphatic rings. The lowest BCUT2D eigenvalue weighted by Gasteiger charge is -2.08. The molecule has 0 radical (unpaired) electrons. The van der Waals surface area contributed by atoms with Crippen LogP contribution < -0.4 is 0 Å². The summed E-state index contributed by atoms with van der Waals surface area (Å²) in [4.78, 5) is 10.7. The van der Waals surface area contributed by atoms with Gasteiger partial charge in [0.2, 0.25) is 0 Å². The van der Waals surface area contributed by atoms with Gasteiger partial charge in [-0.15, -0.1) is 0 Å². The minimum Gasteiger partial charge on any atom is -0.481 e. The first kappa shape index (κ1) is 13.8. The summed E-state index contributed by atoms with van der Waals surface area (Å²) in [6.07, 6.45) is -0.370. The van der Waals surface area contributed by atoms with Gasteiger partial charge >= 0.3 is 5.97 Å². The summed E-state index contributed by atoms with van der Waals surface area (Å²) < 4.78 is 13.5. The summed E-state index contributed by atoms with van der Waals surface area (Å²) in [6.45, 7) is 0. The fourth-order valence-corrected chi connectivity index (χ4v) is 2.28. The molecule has 98 valence electrons. The lowest BCUT2D eigenvalue weighted by Crippen LogP contribution is -2.02. The zero-order chi connectivity index (χ0) is 14.0. The second-order valence-electron chi connectivity index (χ2n) is 4.00. The van der Waals surface area contributed by atoms with Crippen LogP contribution in [0.1, 0.15) is 5.56 Å². The quantitative estimate of drug-likeness (QED) is 0.910. The Kier molecular flexibility index (Phi) is 4.08. The van der Waals surface area contributed by atoms with Crippen molar-refractivity contribution in [1.82, 2.24) is 0 Å². The number of benzene rings is 2. The van der Waals surface area contributed by atoms with Crippen LogP contribution >= 0.6 is 23.2 Å². The van der Waals surface area contributed by atoms with Crippen LogP contribution in [0.5, 0.6) is 0 Å². The predicted octanol–water partition coefficient (Wildman–Crippen LogP) is 4.43. The Bertz CT molecular complexity index is 641. The molecule has 0 aromatic heterocycles. The Morgan fingerprint density at radius 2 is 1.89 bits per heavy atom. The van der Waals surface area contributed by atoms with Gasteiger partial charge in [0.25, 0.3) is 0 Å². The van der Waals surface area contributed by atoms with Gasteiger partial charge in [-0.2, -0.15) is 0 Å². The lowest BCUT2D eigenvalue weighted by atomic mass is 10.0. The van der Waals surface area contributed by atoms with Gasteiger partial charge in [0.15, 0.2) is 0 Å². The number of halogens is 3. The summed E-state index contributed by atoms with van der Waals surface area (Å²) in [5, 5.41) is 9.67. The van der Waals surface area contributed by atoms with Crippen molar-refractivity contribution in [2.75, 3.05) is 0 Å². The Labute approximate surface area is 119 Å². The number of carbonyl (C=O) groups is 1. The first-order chi connectivity index (χ1) is 8.97. The molecule has 2 aromatic rings. The zero-order valence-corrected chi connectivity index (χ0v) is 11.2. The molecule has 0 unspecified atom stereocenters. The summed E-state index contributed by atoms with van der Waals surface area (Å²) in [5.74, 6) is -1.63. The lowest BCUT2D eigenvalue weighted by molar-refractivity contribution is -0.136. The van der Waals surface area contributed by atoms with E-state index in [9.17, 15) is 9.18 Å². The van der Waals surface area contributed by atoms with Crippen molar-refractivity contribution >= 4 is 29.2 Å².